The number of pyridine rings is 1. The fourth-order valence-corrected chi connectivity index (χ4v) is 1.79. The van der Waals surface area contributed by atoms with E-state index in [1.807, 2.05) is 5.32 Å². The lowest BCUT2D eigenvalue weighted by Gasteiger charge is -2.20. The number of carbonyl (C=O) groups is 2. The van der Waals surface area contributed by atoms with Gasteiger partial charge >= 0.3 is 12.2 Å². The maximum atomic E-state index is 12.7. The molecule has 0 saturated carbocycles. The highest BCUT2D eigenvalue weighted by molar-refractivity contribution is 6.30. The first-order valence-electron chi connectivity index (χ1n) is 6.39. The van der Waals surface area contributed by atoms with Gasteiger partial charge in [-0.15, -0.1) is 0 Å². The summed E-state index contributed by atoms with van der Waals surface area (Å²) in [6, 6.07) is -0.349. The van der Waals surface area contributed by atoms with Crippen LogP contribution in [0, 0.1) is 0 Å². The van der Waals surface area contributed by atoms with E-state index in [4.69, 9.17) is 11.6 Å². The number of nitrogens with zero attached hydrogens (tertiary/aromatic N) is 1. The number of rotatable bonds is 2. The Morgan fingerprint density at radius 1 is 1.26 bits per heavy atom. The first-order valence-corrected chi connectivity index (χ1v) is 6.76. The van der Waals surface area contributed by atoms with E-state index < -0.39 is 46.3 Å². The molecule has 0 aliphatic carbocycles. The number of hydrogen-bond donors (Lipinski definition) is 2. The van der Waals surface area contributed by atoms with E-state index in [1.54, 1.807) is 20.8 Å². The molecule has 2 N–H and O–H groups in total. The Kier molecular flexibility index (Phi) is 5.47. The van der Waals surface area contributed by atoms with Crippen molar-refractivity contribution in [3.8, 4) is 0 Å². The number of halogens is 4. The summed E-state index contributed by atoms with van der Waals surface area (Å²) in [5.41, 5.74) is -2.75. The largest absolute Gasteiger partial charge is 0.417 e. The van der Waals surface area contributed by atoms with Crippen molar-refractivity contribution in [1.29, 1.82) is 0 Å². The average molecular weight is 354 g/mol. The van der Waals surface area contributed by atoms with Crippen molar-refractivity contribution < 1.29 is 22.8 Å². The van der Waals surface area contributed by atoms with Crippen LogP contribution in [0.3, 0.4) is 0 Å². The first-order chi connectivity index (χ1) is 10.3. The topological polar surface area (TPSA) is 80.2 Å². The van der Waals surface area contributed by atoms with Crippen LogP contribution in [-0.4, -0.2) is 22.0 Å². The van der Waals surface area contributed by atoms with Crippen LogP contribution >= 0.6 is 11.6 Å². The van der Waals surface area contributed by atoms with Crippen LogP contribution in [0.4, 0.5) is 18.0 Å². The third-order valence-corrected chi connectivity index (χ3v) is 2.70. The molecule has 1 aromatic rings. The van der Waals surface area contributed by atoms with E-state index >= 15 is 0 Å². The number of urea groups is 1. The Morgan fingerprint density at radius 2 is 1.83 bits per heavy atom. The highest BCUT2D eigenvalue weighted by Gasteiger charge is 2.32. The summed E-state index contributed by atoms with van der Waals surface area (Å²) in [5.74, 6) is -0.954. The smallest absolute Gasteiger partial charge is 0.333 e. The Labute approximate surface area is 134 Å². The SMILES string of the molecule is CC(C)(C)NC(=O)NC(=O)Cn1cc(C(F)(F)F)cc(Cl)c1=O. The summed E-state index contributed by atoms with van der Waals surface area (Å²) in [5, 5.41) is 3.68. The normalized spacial score (nSPS) is 12.0. The first kappa shape index (κ1) is 19.0. The van der Waals surface area contributed by atoms with E-state index in [0.29, 0.717) is 16.8 Å². The second-order valence-electron chi connectivity index (χ2n) is 5.76. The molecule has 0 atom stereocenters. The fourth-order valence-electron chi connectivity index (χ4n) is 1.56. The lowest BCUT2D eigenvalue weighted by Crippen LogP contribution is -2.49. The second kappa shape index (κ2) is 6.61. The van der Waals surface area contributed by atoms with E-state index in [1.165, 1.54) is 0 Å². The van der Waals surface area contributed by atoms with E-state index in [2.05, 4.69) is 5.32 Å². The van der Waals surface area contributed by atoms with Gasteiger partial charge in [0.05, 0.1) is 5.56 Å². The Balaban J connectivity index is 2.92. The third-order valence-electron chi connectivity index (χ3n) is 2.43. The fraction of sp³-hybridized carbons (Fsp3) is 0.462. The summed E-state index contributed by atoms with van der Waals surface area (Å²) in [7, 11) is 0. The van der Waals surface area contributed by atoms with Gasteiger partial charge in [0.2, 0.25) is 5.91 Å². The van der Waals surface area contributed by atoms with Gasteiger partial charge in [-0.1, -0.05) is 11.6 Å². The van der Waals surface area contributed by atoms with Gasteiger partial charge in [-0.05, 0) is 26.8 Å². The van der Waals surface area contributed by atoms with Crippen molar-refractivity contribution in [3.63, 3.8) is 0 Å². The monoisotopic (exact) mass is 353 g/mol. The lowest BCUT2D eigenvalue weighted by molar-refractivity contribution is -0.138. The van der Waals surface area contributed by atoms with Crippen LogP contribution in [0.25, 0.3) is 0 Å². The number of hydrogen-bond acceptors (Lipinski definition) is 3. The Hall–Kier alpha value is -2.03. The highest BCUT2D eigenvalue weighted by atomic mass is 35.5. The zero-order valence-electron chi connectivity index (χ0n) is 12.5. The number of imide groups is 1. The van der Waals surface area contributed by atoms with Crippen molar-refractivity contribution in [1.82, 2.24) is 15.2 Å². The zero-order chi connectivity index (χ0) is 18.0. The molecule has 0 aliphatic heterocycles. The quantitative estimate of drug-likeness (QED) is 0.855. The zero-order valence-corrected chi connectivity index (χ0v) is 13.3. The van der Waals surface area contributed by atoms with E-state index in [0.717, 1.165) is 0 Å². The van der Waals surface area contributed by atoms with Crippen LogP contribution in [0.1, 0.15) is 26.3 Å². The predicted molar refractivity (Wildman–Crippen MR) is 77.1 cm³/mol. The van der Waals surface area contributed by atoms with Gasteiger partial charge < -0.3 is 9.88 Å². The van der Waals surface area contributed by atoms with Crippen molar-refractivity contribution in [2.24, 2.45) is 0 Å². The highest BCUT2D eigenvalue weighted by Crippen LogP contribution is 2.29. The molecular formula is C13H15ClF3N3O3. The molecule has 0 bridgehead atoms. The average Bonchev–Trinajstić information content (AvgIpc) is 2.30. The molecule has 3 amide bonds. The molecule has 1 rings (SSSR count). The van der Waals surface area contributed by atoms with Crippen molar-refractivity contribution in [2.45, 2.75) is 39.0 Å². The summed E-state index contributed by atoms with van der Waals surface area (Å²) in [6.07, 6.45) is -4.26. The Bertz CT molecular complexity index is 678. The molecule has 0 fully saturated rings. The summed E-state index contributed by atoms with van der Waals surface area (Å²) < 4.78 is 38.5. The van der Waals surface area contributed by atoms with E-state index in [9.17, 15) is 27.6 Å². The van der Waals surface area contributed by atoms with Gasteiger partial charge in [-0.25, -0.2) is 4.79 Å². The minimum Gasteiger partial charge on any atom is -0.333 e. The standard InChI is InChI=1S/C13H15ClF3N3O3/c1-12(2,3)19-11(23)18-9(21)6-20-5-7(13(15,16)17)4-8(14)10(20)22/h4-5H,6H2,1-3H3,(H2,18,19,21,23). The van der Waals surface area contributed by atoms with Crippen LogP contribution in [-0.2, 0) is 17.5 Å². The van der Waals surface area contributed by atoms with Crippen LogP contribution in [0.15, 0.2) is 17.1 Å². The minimum atomic E-state index is -4.72. The maximum Gasteiger partial charge on any atom is 0.417 e. The molecule has 0 aromatic carbocycles. The van der Waals surface area contributed by atoms with Gasteiger partial charge in [-0.2, -0.15) is 13.2 Å². The summed E-state index contributed by atoms with van der Waals surface area (Å²) >= 11 is 5.46. The number of amides is 3. The Morgan fingerprint density at radius 3 is 2.30 bits per heavy atom. The molecule has 128 valence electrons. The van der Waals surface area contributed by atoms with Gasteiger partial charge in [0.1, 0.15) is 11.6 Å². The molecule has 0 aliphatic rings. The molecule has 23 heavy (non-hydrogen) atoms. The lowest BCUT2D eigenvalue weighted by atomic mass is 10.1. The van der Waals surface area contributed by atoms with E-state index in [-0.39, 0.29) is 0 Å². The maximum absolute atomic E-state index is 12.7. The summed E-state index contributed by atoms with van der Waals surface area (Å²) in [6.45, 7) is 4.25. The number of alkyl halides is 3. The molecule has 0 spiro atoms. The third kappa shape index (κ3) is 5.93. The van der Waals surface area contributed by atoms with Crippen molar-refractivity contribution in [3.05, 3.63) is 33.2 Å². The second-order valence-corrected chi connectivity index (χ2v) is 6.17. The van der Waals surface area contributed by atoms with Gasteiger partial charge in [0, 0.05) is 11.7 Å². The minimum absolute atomic E-state index is 0.468. The van der Waals surface area contributed by atoms with Gasteiger partial charge in [-0.3, -0.25) is 14.9 Å². The summed E-state index contributed by atoms with van der Waals surface area (Å²) in [4.78, 5) is 34.9. The molecule has 0 saturated heterocycles. The number of carbonyl (C=O) groups excluding carboxylic acids is 2. The molecule has 0 radical (unpaired) electrons. The molecule has 0 unspecified atom stereocenters. The van der Waals surface area contributed by atoms with Gasteiger partial charge in [0.25, 0.3) is 5.56 Å². The molecule has 10 heteroatoms. The van der Waals surface area contributed by atoms with Crippen LogP contribution in [0.2, 0.25) is 5.02 Å². The van der Waals surface area contributed by atoms with Gasteiger partial charge in [0.15, 0.2) is 0 Å². The van der Waals surface area contributed by atoms with Crippen LogP contribution in [0.5, 0.6) is 0 Å². The number of aromatic nitrogens is 1. The van der Waals surface area contributed by atoms with Crippen molar-refractivity contribution in [2.75, 3.05) is 0 Å². The molecule has 6 nitrogen and oxygen atoms in total. The molecular weight excluding hydrogens is 339 g/mol. The predicted octanol–water partition coefficient (Wildman–Crippen LogP) is 2.14. The molecule has 1 heterocycles. The molecule has 1 aromatic heterocycles. The van der Waals surface area contributed by atoms with Crippen molar-refractivity contribution >= 4 is 23.5 Å². The number of nitrogens with one attached hydrogen (secondary N) is 2. The van der Waals surface area contributed by atoms with Crippen LogP contribution < -0.4 is 16.2 Å².